The Morgan fingerprint density at radius 3 is 2.50 bits per heavy atom. The Bertz CT molecular complexity index is 1300. The number of sulfonamides is 1. The standard InChI is InChI=1S/C25H34BN5O4S/c1-19(16-20-8-4-3-5-9-20)31(26(2)33)17-21-10-6-7-11-24(21)29-36(34,35)23-14-12-22(13-15-23)30-18-27-28-25(30)32/h6-7,10-15,18-20,29,33H,3-5,8-9,16-17H2,1-2H3,(H,28,32). The van der Waals surface area contributed by atoms with Crippen molar-refractivity contribution in [1.29, 1.82) is 0 Å². The fourth-order valence-electron chi connectivity index (χ4n) is 5.07. The van der Waals surface area contributed by atoms with Gasteiger partial charge in [0.05, 0.1) is 16.3 Å². The van der Waals surface area contributed by atoms with Crippen molar-refractivity contribution >= 4 is 22.8 Å². The van der Waals surface area contributed by atoms with Crippen LogP contribution in [0.4, 0.5) is 5.69 Å². The van der Waals surface area contributed by atoms with Gasteiger partial charge in [0, 0.05) is 6.54 Å². The molecule has 3 N–H and O–H groups in total. The number of aromatic amines is 1. The van der Waals surface area contributed by atoms with Gasteiger partial charge in [-0.05, 0) is 61.1 Å². The second-order valence-corrected chi connectivity index (χ2v) is 11.4. The van der Waals surface area contributed by atoms with Crippen LogP contribution in [0.25, 0.3) is 5.69 Å². The largest absolute Gasteiger partial charge is 0.437 e. The molecule has 1 saturated carbocycles. The zero-order valence-electron chi connectivity index (χ0n) is 20.8. The molecule has 1 atom stereocenters. The number of rotatable bonds is 10. The second kappa shape index (κ2) is 11.4. The van der Waals surface area contributed by atoms with E-state index < -0.39 is 22.8 Å². The number of hydrogen-bond donors (Lipinski definition) is 3. The van der Waals surface area contributed by atoms with Crippen LogP contribution in [0.1, 0.15) is 51.0 Å². The molecule has 1 aliphatic carbocycles. The number of para-hydroxylation sites is 1. The van der Waals surface area contributed by atoms with Crippen molar-refractivity contribution in [2.75, 3.05) is 4.72 Å². The lowest BCUT2D eigenvalue weighted by Crippen LogP contribution is -2.44. The van der Waals surface area contributed by atoms with Gasteiger partial charge in [-0.25, -0.2) is 22.9 Å². The molecule has 11 heteroatoms. The van der Waals surface area contributed by atoms with E-state index in [-0.39, 0.29) is 10.9 Å². The van der Waals surface area contributed by atoms with Crippen LogP contribution in [-0.4, -0.2) is 46.1 Å². The summed E-state index contributed by atoms with van der Waals surface area (Å²) in [6.07, 6.45) is 8.69. The molecule has 0 aliphatic heterocycles. The average Bonchev–Trinajstić information content (AvgIpc) is 3.29. The maximum Gasteiger partial charge on any atom is 0.376 e. The molecule has 0 spiro atoms. The molecule has 1 aromatic heterocycles. The molecule has 2 aromatic carbocycles. The highest BCUT2D eigenvalue weighted by atomic mass is 32.2. The second-order valence-electron chi connectivity index (χ2n) is 9.68. The maximum absolute atomic E-state index is 13.2. The maximum atomic E-state index is 13.2. The van der Waals surface area contributed by atoms with Gasteiger partial charge < -0.3 is 9.83 Å². The predicted octanol–water partition coefficient (Wildman–Crippen LogP) is 3.63. The fourth-order valence-corrected chi connectivity index (χ4v) is 6.17. The quantitative estimate of drug-likeness (QED) is 0.358. The molecular formula is C25H34BN5O4S. The van der Waals surface area contributed by atoms with Gasteiger partial charge in [0.2, 0.25) is 0 Å². The molecule has 1 fully saturated rings. The van der Waals surface area contributed by atoms with Crippen LogP contribution in [0.15, 0.2) is 64.5 Å². The highest BCUT2D eigenvalue weighted by Gasteiger charge is 2.27. The highest BCUT2D eigenvalue weighted by molar-refractivity contribution is 7.92. The van der Waals surface area contributed by atoms with Crippen LogP contribution in [-0.2, 0) is 16.6 Å². The molecule has 9 nitrogen and oxygen atoms in total. The zero-order valence-corrected chi connectivity index (χ0v) is 21.6. The molecule has 0 radical (unpaired) electrons. The number of H-pyrrole nitrogens is 1. The lowest BCUT2D eigenvalue weighted by atomic mass is 9.79. The summed E-state index contributed by atoms with van der Waals surface area (Å²) in [5.74, 6) is 0.671. The van der Waals surface area contributed by atoms with Gasteiger partial charge in [-0.15, -0.1) is 0 Å². The first-order valence-corrected chi connectivity index (χ1v) is 14.0. The van der Waals surface area contributed by atoms with Gasteiger partial charge in [-0.3, -0.25) is 4.72 Å². The summed E-state index contributed by atoms with van der Waals surface area (Å²) in [6.45, 7) is 4.32. The van der Waals surface area contributed by atoms with Crippen molar-refractivity contribution in [3.63, 3.8) is 0 Å². The molecule has 1 unspecified atom stereocenters. The molecule has 192 valence electrons. The van der Waals surface area contributed by atoms with Crippen LogP contribution >= 0.6 is 0 Å². The Morgan fingerprint density at radius 1 is 1.17 bits per heavy atom. The van der Waals surface area contributed by atoms with E-state index in [1.807, 2.05) is 16.9 Å². The van der Waals surface area contributed by atoms with Crippen LogP contribution in [0.5, 0.6) is 0 Å². The molecule has 0 bridgehead atoms. The number of hydrogen-bond acceptors (Lipinski definition) is 6. The normalized spacial score (nSPS) is 15.7. The summed E-state index contributed by atoms with van der Waals surface area (Å²) < 4.78 is 30.3. The average molecular weight is 511 g/mol. The molecule has 0 amide bonds. The molecule has 3 aromatic rings. The van der Waals surface area contributed by atoms with Gasteiger partial charge in [0.15, 0.2) is 0 Å². The Labute approximate surface area is 212 Å². The van der Waals surface area contributed by atoms with E-state index in [4.69, 9.17) is 0 Å². The third kappa shape index (κ3) is 6.26. The van der Waals surface area contributed by atoms with E-state index in [2.05, 4.69) is 21.8 Å². The number of anilines is 1. The molecule has 36 heavy (non-hydrogen) atoms. The van der Waals surface area contributed by atoms with E-state index in [0.29, 0.717) is 23.8 Å². The van der Waals surface area contributed by atoms with Gasteiger partial charge in [-0.1, -0.05) is 57.2 Å². The Morgan fingerprint density at radius 2 is 1.86 bits per heavy atom. The van der Waals surface area contributed by atoms with E-state index in [1.54, 1.807) is 31.1 Å². The van der Waals surface area contributed by atoms with Crippen molar-refractivity contribution in [3.8, 4) is 5.69 Å². The summed E-state index contributed by atoms with van der Waals surface area (Å²) in [7, 11) is -4.53. The number of benzene rings is 2. The summed E-state index contributed by atoms with van der Waals surface area (Å²) in [6, 6.07) is 13.5. The van der Waals surface area contributed by atoms with E-state index in [9.17, 15) is 18.2 Å². The lowest BCUT2D eigenvalue weighted by Gasteiger charge is -2.34. The molecule has 1 aliphatic rings. The first-order valence-electron chi connectivity index (χ1n) is 12.5. The van der Waals surface area contributed by atoms with Crippen LogP contribution in [0, 0.1) is 5.92 Å². The number of nitrogens with one attached hydrogen (secondary N) is 2. The Balaban J connectivity index is 1.50. The summed E-state index contributed by atoms with van der Waals surface area (Å²) in [5.41, 5.74) is 1.37. The Hall–Kier alpha value is -2.89. The van der Waals surface area contributed by atoms with Crippen molar-refractivity contribution in [1.82, 2.24) is 19.6 Å². The number of aromatic nitrogens is 3. The van der Waals surface area contributed by atoms with Crippen molar-refractivity contribution < 1.29 is 13.4 Å². The highest BCUT2D eigenvalue weighted by Crippen LogP contribution is 2.30. The summed E-state index contributed by atoms with van der Waals surface area (Å²) in [4.78, 5) is 13.9. The molecule has 0 saturated heterocycles. The first kappa shape index (κ1) is 26.2. The SMILES string of the molecule is CB(O)N(Cc1ccccc1NS(=O)(=O)c1ccc(-n2cn[nH]c2=O)cc1)C(C)CC1CCCCC1. The van der Waals surface area contributed by atoms with E-state index in [0.717, 1.165) is 12.0 Å². The minimum atomic E-state index is -3.87. The van der Waals surface area contributed by atoms with Crippen molar-refractivity contribution in [2.24, 2.45) is 5.92 Å². The van der Waals surface area contributed by atoms with Crippen LogP contribution in [0.2, 0.25) is 6.82 Å². The van der Waals surface area contributed by atoms with Crippen LogP contribution < -0.4 is 10.4 Å². The van der Waals surface area contributed by atoms with E-state index >= 15 is 0 Å². The first-order chi connectivity index (χ1) is 17.2. The molecule has 4 rings (SSSR count). The summed E-state index contributed by atoms with van der Waals surface area (Å²) in [5, 5.41) is 16.6. The zero-order chi connectivity index (χ0) is 25.7. The summed E-state index contributed by atoms with van der Waals surface area (Å²) >= 11 is 0. The topological polar surface area (TPSA) is 120 Å². The molecule has 1 heterocycles. The monoisotopic (exact) mass is 511 g/mol. The molecular weight excluding hydrogens is 477 g/mol. The minimum Gasteiger partial charge on any atom is -0.437 e. The van der Waals surface area contributed by atoms with Gasteiger partial charge in [0.25, 0.3) is 10.0 Å². The van der Waals surface area contributed by atoms with Gasteiger partial charge >= 0.3 is 12.7 Å². The Kier molecular flexibility index (Phi) is 8.33. The smallest absolute Gasteiger partial charge is 0.376 e. The van der Waals surface area contributed by atoms with Gasteiger partial charge in [0.1, 0.15) is 6.33 Å². The van der Waals surface area contributed by atoms with E-state index in [1.165, 1.54) is 55.1 Å². The third-order valence-electron chi connectivity index (χ3n) is 7.04. The van der Waals surface area contributed by atoms with Crippen molar-refractivity contribution in [3.05, 3.63) is 70.9 Å². The van der Waals surface area contributed by atoms with Crippen LogP contribution in [0.3, 0.4) is 0 Å². The lowest BCUT2D eigenvalue weighted by molar-refractivity contribution is 0.224. The fraction of sp³-hybridized carbons (Fsp3) is 0.440. The minimum absolute atomic E-state index is 0.0793. The van der Waals surface area contributed by atoms with Gasteiger partial charge in [-0.2, -0.15) is 5.10 Å². The predicted molar refractivity (Wildman–Crippen MR) is 141 cm³/mol. The third-order valence-corrected chi connectivity index (χ3v) is 8.42. The number of nitrogens with zero attached hydrogens (tertiary/aromatic N) is 3. The van der Waals surface area contributed by atoms with Crippen molar-refractivity contribution in [2.45, 2.75) is 69.8 Å².